The van der Waals surface area contributed by atoms with Crippen LogP contribution in [0.2, 0.25) is 0 Å². The van der Waals surface area contributed by atoms with Crippen molar-refractivity contribution in [1.82, 2.24) is 29.8 Å². The number of phenolic OH excluding ortho intramolecular Hbond substituents is 1. The van der Waals surface area contributed by atoms with Gasteiger partial charge in [-0.2, -0.15) is 5.10 Å². The van der Waals surface area contributed by atoms with Crippen molar-refractivity contribution >= 4 is 12.5 Å². The number of aliphatic hydroxyl groups excluding tert-OH is 2. The molecule has 12 nitrogen and oxygen atoms in total. The Kier molecular flexibility index (Phi) is 11.6. The van der Waals surface area contributed by atoms with E-state index in [0.29, 0.717) is 17.1 Å². The smallest absolute Gasteiger partial charge is 0.165 e. The van der Waals surface area contributed by atoms with Crippen molar-refractivity contribution in [3.05, 3.63) is 59.6 Å². The number of phenols is 1. The van der Waals surface area contributed by atoms with E-state index >= 15 is 0 Å². The predicted octanol–water partition coefficient (Wildman–Crippen LogP) is 2.41. The zero-order valence-corrected chi connectivity index (χ0v) is 22.7. The molecule has 3 heterocycles. The Morgan fingerprint density at radius 2 is 1.95 bits per heavy atom. The summed E-state index contributed by atoms with van der Waals surface area (Å²) in [5.74, 6) is -0.686. The molecule has 3 aromatic rings. The molecule has 0 aliphatic carbocycles. The average molecular weight is 546 g/mol. The number of hydrogen-bond donors (Lipinski definition) is 4. The van der Waals surface area contributed by atoms with Crippen molar-refractivity contribution in [3.63, 3.8) is 0 Å². The Balaban J connectivity index is 0.00000127. The van der Waals surface area contributed by atoms with E-state index in [1.165, 1.54) is 35.8 Å². The van der Waals surface area contributed by atoms with Crippen LogP contribution >= 0.6 is 0 Å². The highest BCUT2D eigenvalue weighted by Crippen LogP contribution is 2.38. The lowest BCUT2D eigenvalue weighted by molar-refractivity contribution is -0.161. The first-order chi connectivity index (χ1) is 18.7. The van der Waals surface area contributed by atoms with Crippen LogP contribution in [0, 0.1) is 5.82 Å². The molecule has 4 unspecified atom stereocenters. The highest BCUT2D eigenvalue weighted by atomic mass is 19.1. The summed E-state index contributed by atoms with van der Waals surface area (Å²) in [7, 11) is 1.50. The van der Waals surface area contributed by atoms with Crippen LogP contribution in [0.25, 0.3) is 17.0 Å². The third-order valence-corrected chi connectivity index (χ3v) is 6.25. The number of aromatic nitrogens is 6. The second kappa shape index (κ2) is 14.4. The van der Waals surface area contributed by atoms with Crippen molar-refractivity contribution in [1.29, 1.82) is 0 Å². The van der Waals surface area contributed by atoms with Crippen LogP contribution in [0.4, 0.5) is 4.39 Å². The van der Waals surface area contributed by atoms with Crippen LogP contribution in [0.1, 0.15) is 52.1 Å². The molecule has 5 N–H and O–H groups in total. The number of benzene rings is 1. The van der Waals surface area contributed by atoms with Gasteiger partial charge in [-0.25, -0.2) is 18.7 Å². The molecule has 0 bridgehead atoms. The van der Waals surface area contributed by atoms with Gasteiger partial charge in [-0.1, -0.05) is 16.4 Å². The summed E-state index contributed by atoms with van der Waals surface area (Å²) < 4.78 is 23.0. The van der Waals surface area contributed by atoms with Gasteiger partial charge in [-0.3, -0.25) is 0 Å². The molecule has 2 aromatic heterocycles. The lowest BCUT2D eigenvalue weighted by Crippen LogP contribution is -2.45. The number of halogens is 1. The number of allylic oxidation sites excluding steroid dienone is 4. The maximum Gasteiger partial charge on any atom is 0.165 e. The molecule has 4 atom stereocenters. The highest BCUT2D eigenvalue weighted by Gasteiger charge is 2.41. The molecule has 0 amide bonds. The third kappa shape index (κ3) is 7.20. The normalized spacial score (nSPS) is 20.8. The Morgan fingerprint density at radius 3 is 2.56 bits per heavy atom. The van der Waals surface area contributed by atoms with Gasteiger partial charge in [0, 0.05) is 17.7 Å². The fourth-order valence-corrected chi connectivity index (χ4v) is 4.03. The molecule has 39 heavy (non-hydrogen) atoms. The zero-order chi connectivity index (χ0) is 29.3. The Morgan fingerprint density at radius 1 is 1.26 bits per heavy atom. The molecular weight excluding hydrogens is 509 g/mol. The molecule has 212 valence electrons. The van der Waals surface area contributed by atoms with E-state index in [2.05, 4.69) is 26.1 Å². The van der Waals surface area contributed by atoms with E-state index in [0.717, 1.165) is 17.3 Å². The Labute approximate surface area is 226 Å². The van der Waals surface area contributed by atoms with Gasteiger partial charge in [-0.05, 0) is 59.0 Å². The summed E-state index contributed by atoms with van der Waals surface area (Å²) in [6, 6.07) is 3.33. The number of nitrogens with two attached hydrogens (primary N) is 1. The molecule has 1 saturated heterocycles. The van der Waals surface area contributed by atoms with Gasteiger partial charge in [-0.15, -0.1) is 5.10 Å². The van der Waals surface area contributed by atoms with E-state index in [9.17, 15) is 19.7 Å². The first kappa shape index (κ1) is 31.4. The van der Waals surface area contributed by atoms with Crippen molar-refractivity contribution in [2.75, 3.05) is 13.7 Å². The number of nitrogens with zero attached hydrogens (tertiary/aromatic N) is 6. The lowest BCUT2D eigenvalue weighted by Gasteiger charge is -2.38. The summed E-state index contributed by atoms with van der Waals surface area (Å²) >= 11 is 0. The second-order valence-electron chi connectivity index (χ2n) is 8.89. The minimum atomic E-state index is -1.07. The second-order valence-corrected chi connectivity index (χ2v) is 8.89. The fraction of sp³-hybridized carbons (Fsp3) is 0.423. The maximum absolute atomic E-state index is 13.8. The molecule has 0 spiro atoms. The monoisotopic (exact) mass is 545 g/mol. The first-order valence-corrected chi connectivity index (χ1v) is 12.1. The third-order valence-electron chi connectivity index (χ3n) is 6.25. The highest BCUT2D eigenvalue weighted by molar-refractivity contribution is 5.59. The molecule has 1 aromatic carbocycles. The standard InChI is InChI=1S/C24H29FN6O4.CH5N.CH2O/c1-13(2)14(3)7-15(4)31-24(26-12-27-31)21-9-19(23(34)22(11-32)35-21)30-10-18(28-29-30)16-5-6-20(33)17(25)8-16;2*1-2/h5-8,10,12,19,21-23,32-34H,9,11H2,1-4H3;2H2,1H3;1H2/b15-7+;;. The quantitative estimate of drug-likeness (QED) is 0.337. The molecular formula is C26H36FN7O5. The summed E-state index contributed by atoms with van der Waals surface area (Å²) in [5, 5.41) is 42.8. The molecule has 1 fully saturated rings. The molecule has 13 heteroatoms. The van der Waals surface area contributed by atoms with Crippen molar-refractivity contribution < 1.29 is 29.2 Å². The van der Waals surface area contributed by atoms with Crippen LogP contribution in [0.15, 0.2) is 47.9 Å². The zero-order valence-electron chi connectivity index (χ0n) is 22.7. The minimum Gasteiger partial charge on any atom is -0.505 e. The van der Waals surface area contributed by atoms with Gasteiger partial charge in [0.2, 0.25) is 0 Å². The van der Waals surface area contributed by atoms with Gasteiger partial charge in [0.25, 0.3) is 0 Å². The van der Waals surface area contributed by atoms with E-state index in [1.54, 1.807) is 10.9 Å². The van der Waals surface area contributed by atoms with Crippen LogP contribution < -0.4 is 5.73 Å². The summed E-state index contributed by atoms with van der Waals surface area (Å²) in [5.41, 5.74) is 8.44. The van der Waals surface area contributed by atoms with Gasteiger partial charge in [0.15, 0.2) is 17.4 Å². The number of aliphatic hydroxyl groups is 2. The van der Waals surface area contributed by atoms with Gasteiger partial charge < -0.3 is 30.6 Å². The summed E-state index contributed by atoms with van der Waals surface area (Å²) in [6.45, 7) is 9.59. The summed E-state index contributed by atoms with van der Waals surface area (Å²) in [4.78, 5) is 12.4. The number of ether oxygens (including phenoxy) is 1. The van der Waals surface area contributed by atoms with Crippen molar-refractivity contribution in [2.45, 2.75) is 58.5 Å². The summed E-state index contributed by atoms with van der Waals surface area (Å²) in [6.07, 6.45) is 2.79. The first-order valence-electron chi connectivity index (χ1n) is 12.1. The number of aromatic hydroxyl groups is 1. The fourth-order valence-electron chi connectivity index (χ4n) is 4.03. The molecule has 1 aliphatic rings. The van der Waals surface area contributed by atoms with Gasteiger partial charge in [0.05, 0.1) is 18.8 Å². The van der Waals surface area contributed by atoms with E-state index < -0.39 is 42.5 Å². The number of hydrogen-bond acceptors (Lipinski definition) is 10. The van der Waals surface area contributed by atoms with Crippen LogP contribution in [-0.4, -0.2) is 77.7 Å². The molecule has 0 radical (unpaired) electrons. The number of rotatable bonds is 6. The number of carbonyl (C=O) groups is 1. The molecule has 1 aliphatic heterocycles. The Bertz CT molecular complexity index is 1290. The Hall–Kier alpha value is -3.78. The van der Waals surface area contributed by atoms with Crippen LogP contribution in [0.5, 0.6) is 5.75 Å². The van der Waals surface area contributed by atoms with Gasteiger partial charge >= 0.3 is 0 Å². The average Bonchev–Trinajstić information content (AvgIpc) is 3.63. The van der Waals surface area contributed by atoms with E-state index in [4.69, 9.17) is 9.53 Å². The van der Waals surface area contributed by atoms with E-state index in [1.807, 2.05) is 40.6 Å². The van der Waals surface area contributed by atoms with Crippen LogP contribution in [-0.2, 0) is 9.53 Å². The largest absolute Gasteiger partial charge is 0.505 e. The van der Waals surface area contributed by atoms with Crippen molar-refractivity contribution in [2.24, 2.45) is 5.73 Å². The minimum absolute atomic E-state index is 0.290. The lowest BCUT2D eigenvalue weighted by atomic mass is 9.95. The predicted molar refractivity (Wildman–Crippen MR) is 143 cm³/mol. The topological polar surface area (TPSA) is 174 Å². The van der Waals surface area contributed by atoms with Gasteiger partial charge in [0.1, 0.15) is 37.1 Å². The molecule has 4 rings (SSSR count). The van der Waals surface area contributed by atoms with Crippen LogP contribution in [0.3, 0.4) is 0 Å². The van der Waals surface area contributed by atoms with E-state index in [-0.39, 0.29) is 6.42 Å². The number of carbonyl (C=O) groups excluding carboxylic acids is 1. The maximum atomic E-state index is 13.8. The SMILES string of the molecule is C=O.CC(C)=C(C)/C=C(\C)n1ncnc1C1CC(n2cc(-c3ccc(O)c(F)c3)nn2)C(O)C(CO)O1.CN. The molecule has 0 saturated carbocycles. The van der Waals surface area contributed by atoms with Crippen molar-refractivity contribution in [3.8, 4) is 17.0 Å².